The number of amides is 1. The van der Waals surface area contributed by atoms with Gasteiger partial charge in [-0.3, -0.25) is 4.79 Å². The number of benzene rings is 1. The highest BCUT2D eigenvalue weighted by Crippen LogP contribution is 2.48. The number of hydrogen-bond acceptors (Lipinski definition) is 2. The minimum Gasteiger partial charge on any atom is -0.326 e. The molecule has 2 fully saturated rings. The van der Waals surface area contributed by atoms with E-state index in [9.17, 15) is 4.79 Å². The summed E-state index contributed by atoms with van der Waals surface area (Å²) >= 11 is 0. The highest BCUT2D eigenvalue weighted by atomic mass is 16.1. The third-order valence-electron chi connectivity index (χ3n) is 4.48. The van der Waals surface area contributed by atoms with Crippen LogP contribution >= 0.6 is 0 Å². The highest BCUT2D eigenvalue weighted by molar-refractivity contribution is 5.89. The average Bonchev–Trinajstić information content (AvgIpc) is 3.27. The van der Waals surface area contributed by atoms with Crippen LogP contribution in [0.5, 0.6) is 0 Å². The van der Waals surface area contributed by atoms with E-state index in [2.05, 4.69) is 16.7 Å². The number of carbonyl (C=O) groups excluding carboxylic acids is 1. The fourth-order valence-corrected chi connectivity index (χ4v) is 3.13. The van der Waals surface area contributed by atoms with Crippen LogP contribution in [0.15, 0.2) is 24.3 Å². The molecule has 0 aromatic heterocycles. The SMILES string of the molecule is CC(=O)Nc1ccccc1CNCC(C1CC1)C1CC1. The maximum Gasteiger partial charge on any atom is 0.221 e. The van der Waals surface area contributed by atoms with Gasteiger partial charge in [-0.05, 0) is 61.6 Å². The predicted octanol–water partition coefficient (Wildman–Crippen LogP) is 3.17. The van der Waals surface area contributed by atoms with Crippen molar-refractivity contribution in [3.05, 3.63) is 29.8 Å². The van der Waals surface area contributed by atoms with Crippen LogP contribution in [0.25, 0.3) is 0 Å². The van der Waals surface area contributed by atoms with Crippen molar-refractivity contribution in [1.82, 2.24) is 5.32 Å². The molecule has 2 N–H and O–H groups in total. The van der Waals surface area contributed by atoms with Gasteiger partial charge in [-0.2, -0.15) is 0 Å². The van der Waals surface area contributed by atoms with E-state index in [0.717, 1.165) is 36.5 Å². The molecule has 0 bridgehead atoms. The fraction of sp³-hybridized carbons (Fsp3) is 0.588. The first-order valence-electron chi connectivity index (χ1n) is 7.80. The van der Waals surface area contributed by atoms with Gasteiger partial charge in [-0.15, -0.1) is 0 Å². The molecule has 108 valence electrons. The Hall–Kier alpha value is -1.35. The van der Waals surface area contributed by atoms with Crippen LogP contribution in [-0.2, 0) is 11.3 Å². The van der Waals surface area contributed by atoms with Gasteiger partial charge in [0.05, 0.1) is 0 Å². The van der Waals surface area contributed by atoms with Crippen molar-refractivity contribution in [2.75, 3.05) is 11.9 Å². The topological polar surface area (TPSA) is 41.1 Å². The van der Waals surface area contributed by atoms with E-state index in [4.69, 9.17) is 0 Å². The zero-order chi connectivity index (χ0) is 13.9. The maximum absolute atomic E-state index is 11.2. The minimum absolute atomic E-state index is 0.00807. The smallest absolute Gasteiger partial charge is 0.221 e. The third kappa shape index (κ3) is 3.60. The van der Waals surface area contributed by atoms with Gasteiger partial charge < -0.3 is 10.6 Å². The molecule has 0 radical (unpaired) electrons. The summed E-state index contributed by atoms with van der Waals surface area (Å²) in [5.41, 5.74) is 2.11. The fourth-order valence-electron chi connectivity index (χ4n) is 3.13. The van der Waals surface area contributed by atoms with Gasteiger partial charge >= 0.3 is 0 Å². The van der Waals surface area contributed by atoms with Crippen LogP contribution in [0, 0.1) is 17.8 Å². The van der Waals surface area contributed by atoms with Gasteiger partial charge in [0.25, 0.3) is 0 Å². The van der Waals surface area contributed by atoms with Gasteiger partial charge in [0.15, 0.2) is 0 Å². The summed E-state index contributed by atoms with van der Waals surface area (Å²) in [5, 5.41) is 6.51. The molecule has 2 aliphatic rings. The number of hydrogen-bond donors (Lipinski definition) is 2. The minimum atomic E-state index is -0.00807. The van der Waals surface area contributed by atoms with Crippen LogP contribution in [0.1, 0.15) is 38.2 Å². The molecule has 0 heterocycles. The maximum atomic E-state index is 11.2. The van der Waals surface area contributed by atoms with Gasteiger partial charge in [0.2, 0.25) is 5.91 Å². The summed E-state index contributed by atoms with van der Waals surface area (Å²) in [7, 11) is 0. The van der Waals surface area contributed by atoms with Gasteiger partial charge in [-0.25, -0.2) is 0 Å². The lowest BCUT2D eigenvalue weighted by Gasteiger charge is -2.17. The van der Waals surface area contributed by atoms with Crippen LogP contribution < -0.4 is 10.6 Å². The van der Waals surface area contributed by atoms with E-state index in [-0.39, 0.29) is 5.91 Å². The molecular weight excluding hydrogens is 248 g/mol. The average molecular weight is 272 g/mol. The summed E-state index contributed by atoms with van der Waals surface area (Å²) in [6.07, 6.45) is 5.74. The molecule has 0 saturated heterocycles. The molecule has 0 aliphatic heterocycles. The van der Waals surface area contributed by atoms with Crippen molar-refractivity contribution < 1.29 is 4.79 Å². The first-order valence-corrected chi connectivity index (χ1v) is 7.80. The van der Waals surface area contributed by atoms with Crippen LogP contribution in [0.3, 0.4) is 0 Å². The summed E-state index contributed by atoms with van der Waals surface area (Å²) in [5.74, 6) is 2.86. The number of para-hydroxylation sites is 1. The Labute approximate surface area is 121 Å². The van der Waals surface area contributed by atoms with Crippen LogP contribution in [0.2, 0.25) is 0 Å². The number of rotatable bonds is 7. The van der Waals surface area contributed by atoms with Crippen molar-refractivity contribution in [3.63, 3.8) is 0 Å². The second kappa shape index (κ2) is 5.96. The van der Waals surface area contributed by atoms with Gasteiger partial charge in [-0.1, -0.05) is 18.2 Å². The Morgan fingerprint density at radius 1 is 1.20 bits per heavy atom. The van der Waals surface area contributed by atoms with Gasteiger partial charge in [0.1, 0.15) is 0 Å². The summed E-state index contributed by atoms with van der Waals surface area (Å²) < 4.78 is 0. The van der Waals surface area contributed by atoms with Crippen molar-refractivity contribution in [2.45, 2.75) is 39.2 Å². The third-order valence-corrected chi connectivity index (χ3v) is 4.48. The predicted molar refractivity (Wildman–Crippen MR) is 81.4 cm³/mol. The molecule has 2 saturated carbocycles. The normalized spacial score (nSPS) is 18.3. The largest absolute Gasteiger partial charge is 0.326 e. The number of nitrogens with one attached hydrogen (secondary N) is 2. The van der Waals surface area contributed by atoms with E-state index in [1.165, 1.54) is 31.2 Å². The van der Waals surface area contributed by atoms with E-state index in [0.29, 0.717) is 0 Å². The lowest BCUT2D eigenvalue weighted by Crippen LogP contribution is -2.25. The Bertz CT molecular complexity index is 466. The molecule has 1 aromatic carbocycles. The summed E-state index contributed by atoms with van der Waals surface area (Å²) in [6.45, 7) is 3.52. The summed E-state index contributed by atoms with van der Waals surface area (Å²) in [4.78, 5) is 11.2. The highest BCUT2D eigenvalue weighted by Gasteiger charge is 2.40. The lowest BCUT2D eigenvalue weighted by atomic mass is 9.98. The molecule has 1 aromatic rings. The Morgan fingerprint density at radius 3 is 2.45 bits per heavy atom. The van der Waals surface area contributed by atoms with Crippen molar-refractivity contribution in [2.24, 2.45) is 17.8 Å². The zero-order valence-electron chi connectivity index (χ0n) is 12.2. The molecule has 0 spiro atoms. The standard InChI is InChI=1S/C17H24N2O/c1-12(20)19-17-5-3-2-4-15(17)10-18-11-16(13-6-7-13)14-8-9-14/h2-5,13-14,16,18H,6-11H2,1H3,(H,19,20). The molecule has 3 heteroatoms. The number of carbonyl (C=O) groups is 1. The quantitative estimate of drug-likeness (QED) is 0.800. The Balaban J connectivity index is 1.53. The lowest BCUT2D eigenvalue weighted by molar-refractivity contribution is -0.114. The Kier molecular flexibility index (Phi) is 4.06. The van der Waals surface area contributed by atoms with Crippen molar-refractivity contribution >= 4 is 11.6 Å². The molecule has 20 heavy (non-hydrogen) atoms. The van der Waals surface area contributed by atoms with Gasteiger partial charge in [0, 0.05) is 19.2 Å². The first-order chi connectivity index (χ1) is 9.74. The molecule has 3 rings (SSSR count). The first kappa shape index (κ1) is 13.6. The molecule has 0 unspecified atom stereocenters. The zero-order valence-corrected chi connectivity index (χ0v) is 12.2. The molecule has 1 amide bonds. The van der Waals surface area contributed by atoms with Crippen molar-refractivity contribution in [3.8, 4) is 0 Å². The van der Waals surface area contributed by atoms with E-state index in [1.54, 1.807) is 6.92 Å². The van der Waals surface area contributed by atoms with E-state index < -0.39 is 0 Å². The molecular formula is C17H24N2O. The number of anilines is 1. The van der Waals surface area contributed by atoms with E-state index in [1.807, 2.05) is 18.2 Å². The summed E-state index contributed by atoms with van der Waals surface area (Å²) in [6, 6.07) is 8.05. The Morgan fingerprint density at radius 2 is 1.85 bits per heavy atom. The molecule has 0 atom stereocenters. The molecule has 3 nitrogen and oxygen atoms in total. The second-order valence-electron chi connectivity index (χ2n) is 6.31. The van der Waals surface area contributed by atoms with Crippen LogP contribution in [0.4, 0.5) is 5.69 Å². The van der Waals surface area contributed by atoms with Crippen LogP contribution in [-0.4, -0.2) is 12.5 Å². The second-order valence-corrected chi connectivity index (χ2v) is 6.31. The monoisotopic (exact) mass is 272 g/mol. The van der Waals surface area contributed by atoms with E-state index >= 15 is 0 Å². The molecule has 2 aliphatic carbocycles. The van der Waals surface area contributed by atoms with Crippen molar-refractivity contribution in [1.29, 1.82) is 0 Å².